The van der Waals surface area contributed by atoms with Crippen molar-refractivity contribution in [1.29, 1.82) is 0 Å². The van der Waals surface area contributed by atoms with Crippen LogP contribution in [0.3, 0.4) is 0 Å². The van der Waals surface area contributed by atoms with Gasteiger partial charge in [-0.15, -0.1) is 0 Å². The Labute approximate surface area is 171 Å². The number of carbonyl (C=O) groups excluding carboxylic acids is 3. The minimum atomic E-state index is -0.572. The molecule has 1 saturated heterocycles. The molecule has 0 spiro atoms. The van der Waals surface area contributed by atoms with Gasteiger partial charge in [0.1, 0.15) is 6.04 Å². The standard InChI is InChI=1S/C22H30N4O3/c1-14-4-2-3-9-22(14,13-23)24-11-15-5-6-16-12-26(21(29)17(16)10-15)18-7-8-19(27)25-20(18)28/h5-6,10,14,18,24H,2-4,7-9,11-13,23H2,1H3,(H,25,27,28). The number of piperidine rings is 1. The average Bonchev–Trinajstić information content (AvgIpc) is 3.04. The van der Waals surface area contributed by atoms with Crippen LogP contribution in [0.5, 0.6) is 0 Å². The smallest absolute Gasteiger partial charge is 0.255 e. The summed E-state index contributed by atoms with van der Waals surface area (Å²) in [5, 5.41) is 6.03. The van der Waals surface area contributed by atoms with Crippen LogP contribution in [0.1, 0.15) is 66.9 Å². The molecule has 1 aromatic rings. The number of hydrogen-bond acceptors (Lipinski definition) is 5. The summed E-state index contributed by atoms with van der Waals surface area (Å²) in [6.07, 6.45) is 5.37. The van der Waals surface area contributed by atoms with Gasteiger partial charge in [0.05, 0.1) is 0 Å². The van der Waals surface area contributed by atoms with E-state index in [2.05, 4.69) is 17.6 Å². The quantitative estimate of drug-likeness (QED) is 0.651. The van der Waals surface area contributed by atoms with Gasteiger partial charge in [-0.05, 0) is 42.4 Å². The maximum absolute atomic E-state index is 13.0. The van der Waals surface area contributed by atoms with E-state index in [-0.39, 0.29) is 29.7 Å². The molecule has 3 unspecified atom stereocenters. The first-order valence-corrected chi connectivity index (χ1v) is 10.6. The molecule has 156 valence electrons. The van der Waals surface area contributed by atoms with Crippen LogP contribution in [0.2, 0.25) is 0 Å². The number of fused-ring (bicyclic) bond motifs is 1. The molecule has 1 aromatic carbocycles. The van der Waals surface area contributed by atoms with Crippen LogP contribution in [0.15, 0.2) is 18.2 Å². The molecule has 2 fully saturated rings. The van der Waals surface area contributed by atoms with E-state index in [9.17, 15) is 14.4 Å². The van der Waals surface area contributed by atoms with E-state index in [0.717, 1.165) is 17.5 Å². The molecule has 4 rings (SSSR count). The first kappa shape index (κ1) is 20.0. The molecular formula is C22H30N4O3. The Morgan fingerprint density at radius 1 is 1.24 bits per heavy atom. The SMILES string of the molecule is CC1CCCCC1(CN)NCc1ccc2c(c1)C(=O)N(C1CCC(=O)NC1=O)C2. The van der Waals surface area contributed by atoms with Crippen molar-refractivity contribution in [3.63, 3.8) is 0 Å². The third-order valence-corrected chi connectivity index (χ3v) is 7.05. The second-order valence-corrected chi connectivity index (χ2v) is 8.75. The number of hydrogen-bond donors (Lipinski definition) is 3. The lowest BCUT2D eigenvalue weighted by molar-refractivity contribution is -0.136. The Morgan fingerprint density at radius 2 is 2.07 bits per heavy atom. The zero-order valence-corrected chi connectivity index (χ0v) is 17.0. The highest BCUT2D eigenvalue weighted by molar-refractivity contribution is 6.05. The fourth-order valence-electron chi connectivity index (χ4n) is 5.04. The van der Waals surface area contributed by atoms with E-state index in [1.54, 1.807) is 4.90 Å². The minimum absolute atomic E-state index is 0.0416. The molecule has 3 amide bonds. The molecule has 4 N–H and O–H groups in total. The van der Waals surface area contributed by atoms with E-state index in [1.165, 1.54) is 19.3 Å². The van der Waals surface area contributed by atoms with Crippen molar-refractivity contribution in [2.24, 2.45) is 11.7 Å². The van der Waals surface area contributed by atoms with E-state index < -0.39 is 6.04 Å². The van der Waals surface area contributed by atoms with Crippen LogP contribution >= 0.6 is 0 Å². The predicted molar refractivity (Wildman–Crippen MR) is 109 cm³/mol. The molecule has 2 aliphatic heterocycles. The predicted octanol–water partition coefficient (Wildman–Crippen LogP) is 1.44. The molecule has 3 atom stereocenters. The normalized spacial score (nSPS) is 29.7. The molecule has 0 radical (unpaired) electrons. The van der Waals surface area contributed by atoms with Crippen molar-refractivity contribution in [3.8, 4) is 0 Å². The van der Waals surface area contributed by atoms with E-state index >= 15 is 0 Å². The number of amides is 3. The van der Waals surface area contributed by atoms with Gasteiger partial charge in [0.15, 0.2) is 0 Å². The summed E-state index contributed by atoms with van der Waals surface area (Å²) in [5.74, 6) is -0.244. The Kier molecular flexibility index (Phi) is 5.44. The van der Waals surface area contributed by atoms with Crippen molar-refractivity contribution in [1.82, 2.24) is 15.5 Å². The van der Waals surface area contributed by atoms with E-state index in [1.807, 2.05) is 18.2 Å². The first-order valence-electron chi connectivity index (χ1n) is 10.6. The topological polar surface area (TPSA) is 105 Å². The summed E-state index contributed by atoms with van der Waals surface area (Å²) in [6, 6.07) is 5.40. The highest BCUT2D eigenvalue weighted by Crippen LogP contribution is 2.33. The summed E-state index contributed by atoms with van der Waals surface area (Å²) in [4.78, 5) is 38.2. The van der Waals surface area contributed by atoms with Crippen molar-refractivity contribution >= 4 is 17.7 Å². The molecule has 1 aliphatic carbocycles. The van der Waals surface area contributed by atoms with Gasteiger partial charge in [-0.3, -0.25) is 19.7 Å². The minimum Gasteiger partial charge on any atom is -0.329 e. The third-order valence-electron chi connectivity index (χ3n) is 7.05. The summed E-state index contributed by atoms with van der Waals surface area (Å²) >= 11 is 0. The van der Waals surface area contributed by atoms with Gasteiger partial charge in [-0.1, -0.05) is 31.9 Å². The summed E-state index contributed by atoms with van der Waals surface area (Å²) < 4.78 is 0. The number of rotatable bonds is 5. The second kappa shape index (κ2) is 7.88. The average molecular weight is 399 g/mol. The largest absolute Gasteiger partial charge is 0.329 e. The number of imide groups is 1. The molecule has 1 saturated carbocycles. The fraction of sp³-hybridized carbons (Fsp3) is 0.591. The number of nitrogens with zero attached hydrogens (tertiary/aromatic N) is 1. The monoisotopic (exact) mass is 398 g/mol. The molecule has 29 heavy (non-hydrogen) atoms. The van der Waals surface area contributed by atoms with E-state index in [0.29, 0.717) is 37.5 Å². The molecule has 7 heteroatoms. The van der Waals surface area contributed by atoms with Crippen LogP contribution in [0.4, 0.5) is 0 Å². The Hall–Kier alpha value is -2.25. The zero-order chi connectivity index (χ0) is 20.6. The van der Waals surface area contributed by atoms with Crippen molar-refractivity contribution < 1.29 is 14.4 Å². The zero-order valence-electron chi connectivity index (χ0n) is 17.0. The number of benzene rings is 1. The third kappa shape index (κ3) is 3.69. The van der Waals surface area contributed by atoms with Gasteiger partial charge < -0.3 is 16.0 Å². The Balaban J connectivity index is 1.47. The fourth-order valence-corrected chi connectivity index (χ4v) is 5.04. The van der Waals surface area contributed by atoms with E-state index in [4.69, 9.17) is 5.73 Å². The van der Waals surface area contributed by atoms with Crippen LogP contribution in [0, 0.1) is 5.92 Å². The van der Waals surface area contributed by atoms with Gasteiger partial charge in [0.2, 0.25) is 11.8 Å². The van der Waals surface area contributed by atoms with Gasteiger partial charge in [-0.25, -0.2) is 0 Å². The number of nitrogens with one attached hydrogen (secondary N) is 2. The number of nitrogens with two attached hydrogens (primary N) is 1. The first-order chi connectivity index (χ1) is 13.9. The number of carbonyl (C=O) groups is 3. The molecular weight excluding hydrogens is 368 g/mol. The van der Waals surface area contributed by atoms with Gasteiger partial charge in [-0.2, -0.15) is 0 Å². The van der Waals surface area contributed by atoms with Gasteiger partial charge >= 0.3 is 0 Å². The van der Waals surface area contributed by atoms with Crippen LogP contribution < -0.4 is 16.4 Å². The maximum Gasteiger partial charge on any atom is 0.255 e. The highest BCUT2D eigenvalue weighted by Gasteiger charge is 2.39. The van der Waals surface area contributed by atoms with Gasteiger partial charge in [0.25, 0.3) is 5.91 Å². The lowest BCUT2D eigenvalue weighted by Gasteiger charge is -2.43. The van der Waals surface area contributed by atoms with Crippen molar-refractivity contribution in [2.45, 2.75) is 70.1 Å². The van der Waals surface area contributed by atoms with Crippen LogP contribution in [-0.2, 0) is 22.7 Å². The molecule has 2 heterocycles. The Bertz CT molecular complexity index is 839. The summed E-state index contributed by atoms with van der Waals surface area (Å²) in [6.45, 7) is 3.96. The summed E-state index contributed by atoms with van der Waals surface area (Å²) in [5.41, 5.74) is 8.74. The van der Waals surface area contributed by atoms with Crippen molar-refractivity contribution in [3.05, 3.63) is 34.9 Å². The molecule has 3 aliphatic rings. The van der Waals surface area contributed by atoms with Crippen LogP contribution in [0.25, 0.3) is 0 Å². The van der Waals surface area contributed by atoms with Crippen LogP contribution in [-0.4, -0.2) is 40.7 Å². The Morgan fingerprint density at radius 3 is 2.79 bits per heavy atom. The maximum atomic E-state index is 13.0. The van der Waals surface area contributed by atoms with Crippen molar-refractivity contribution in [2.75, 3.05) is 6.54 Å². The molecule has 7 nitrogen and oxygen atoms in total. The second-order valence-electron chi connectivity index (χ2n) is 8.75. The highest BCUT2D eigenvalue weighted by atomic mass is 16.2. The van der Waals surface area contributed by atoms with Gasteiger partial charge in [0, 0.05) is 37.2 Å². The summed E-state index contributed by atoms with van der Waals surface area (Å²) in [7, 11) is 0. The lowest BCUT2D eigenvalue weighted by atomic mass is 9.73. The molecule has 0 aromatic heterocycles. The lowest BCUT2D eigenvalue weighted by Crippen LogP contribution is -2.56. The molecule has 0 bridgehead atoms.